The van der Waals surface area contributed by atoms with Crippen LogP contribution in [-0.4, -0.2) is 4.98 Å². The predicted octanol–water partition coefficient (Wildman–Crippen LogP) is 3.81. The molecular formula is C10H7BrNOS. The van der Waals surface area contributed by atoms with Gasteiger partial charge in [-0.1, -0.05) is 23.5 Å². The minimum atomic E-state index is 0.808. The summed E-state index contributed by atoms with van der Waals surface area (Å²) in [6, 6.07) is 10.3. The van der Waals surface area contributed by atoms with Crippen LogP contribution in [0.4, 0.5) is 0 Å². The first-order chi connectivity index (χ1) is 6.75. The fourth-order valence-corrected chi connectivity index (χ4v) is 2.37. The van der Waals surface area contributed by atoms with Crippen molar-refractivity contribution in [1.29, 1.82) is 0 Å². The Morgan fingerprint density at radius 3 is 2.71 bits per heavy atom. The fraction of sp³-hybridized carbons (Fsp3) is 0.100. The molecule has 0 atom stereocenters. The second kappa shape index (κ2) is 4.11. The van der Waals surface area contributed by atoms with Crippen molar-refractivity contribution in [2.75, 3.05) is 0 Å². The van der Waals surface area contributed by atoms with E-state index in [1.165, 1.54) is 11.3 Å². The molecule has 0 aliphatic rings. The molecule has 1 aromatic heterocycles. The van der Waals surface area contributed by atoms with E-state index in [0.29, 0.717) is 0 Å². The second-order valence-corrected chi connectivity index (χ2v) is 4.92. The summed E-state index contributed by atoms with van der Waals surface area (Å²) >= 11 is 4.80. The van der Waals surface area contributed by atoms with Crippen molar-refractivity contribution >= 4 is 27.3 Å². The molecule has 0 bridgehead atoms. The molecule has 0 amide bonds. The van der Waals surface area contributed by atoms with Crippen molar-refractivity contribution in [3.63, 3.8) is 0 Å². The number of nitrogens with zero attached hydrogens (tertiary/aromatic N) is 1. The molecule has 0 N–H and O–H groups in total. The van der Waals surface area contributed by atoms with E-state index in [1.807, 2.05) is 31.2 Å². The normalized spacial score (nSPS) is 10.1. The molecule has 0 unspecified atom stereocenters. The van der Waals surface area contributed by atoms with Gasteiger partial charge < -0.3 is 4.74 Å². The lowest BCUT2D eigenvalue weighted by atomic mass is 10.3. The molecule has 1 aromatic carbocycles. The fourth-order valence-electron chi connectivity index (χ4n) is 0.992. The van der Waals surface area contributed by atoms with Gasteiger partial charge in [0.05, 0.1) is 5.69 Å². The summed E-state index contributed by atoms with van der Waals surface area (Å²) in [5.74, 6) is 0.808. The van der Waals surface area contributed by atoms with E-state index in [2.05, 4.69) is 27.0 Å². The maximum absolute atomic E-state index is 5.64. The van der Waals surface area contributed by atoms with Gasteiger partial charge in [-0.15, -0.1) is 0 Å². The van der Waals surface area contributed by atoms with Gasteiger partial charge in [-0.25, -0.2) is 4.98 Å². The molecule has 14 heavy (non-hydrogen) atoms. The number of hydrogen-bond acceptors (Lipinski definition) is 3. The highest BCUT2D eigenvalue weighted by Crippen LogP contribution is 2.33. The Hall–Kier alpha value is -0.870. The van der Waals surface area contributed by atoms with Gasteiger partial charge in [0.2, 0.25) is 5.06 Å². The van der Waals surface area contributed by atoms with Crippen LogP contribution in [0.1, 0.15) is 5.69 Å². The van der Waals surface area contributed by atoms with Gasteiger partial charge in [-0.05, 0) is 41.1 Å². The average Bonchev–Trinajstić information content (AvgIpc) is 2.47. The minimum Gasteiger partial charge on any atom is -0.445 e. The topological polar surface area (TPSA) is 22.1 Å². The standard InChI is InChI=1S/C10H7BrNOS/c1-7-9(14-10(11)12-7)13-8-5-3-2-4-6-8/h3-6H,1H3. The summed E-state index contributed by atoms with van der Waals surface area (Å²) < 4.78 is 6.48. The van der Waals surface area contributed by atoms with Gasteiger partial charge >= 0.3 is 0 Å². The van der Waals surface area contributed by atoms with E-state index in [0.717, 1.165) is 20.4 Å². The van der Waals surface area contributed by atoms with Crippen LogP contribution in [0.2, 0.25) is 0 Å². The zero-order valence-electron chi connectivity index (χ0n) is 7.45. The third kappa shape index (κ3) is 2.13. The summed E-state index contributed by atoms with van der Waals surface area (Å²) in [7, 11) is 0. The molecular weight excluding hydrogens is 262 g/mol. The van der Waals surface area contributed by atoms with Gasteiger partial charge in [-0.3, -0.25) is 0 Å². The number of hydrogen-bond donors (Lipinski definition) is 0. The molecule has 4 heteroatoms. The average molecular weight is 269 g/mol. The van der Waals surface area contributed by atoms with Gasteiger partial charge in [0.15, 0.2) is 3.92 Å². The molecule has 0 fully saturated rings. The second-order valence-electron chi connectivity index (χ2n) is 2.68. The Balaban J connectivity index is 2.23. The number of rotatable bonds is 2. The minimum absolute atomic E-state index is 0.808. The van der Waals surface area contributed by atoms with Crippen LogP contribution in [-0.2, 0) is 0 Å². The SMILES string of the molecule is Cc1nc(Br)sc1Oc1cc[c]cc1. The van der Waals surface area contributed by atoms with Crippen molar-refractivity contribution < 1.29 is 4.74 Å². The molecule has 1 radical (unpaired) electrons. The molecule has 0 saturated heterocycles. The zero-order valence-corrected chi connectivity index (χ0v) is 9.85. The first-order valence-corrected chi connectivity index (χ1v) is 5.63. The largest absolute Gasteiger partial charge is 0.445 e. The molecule has 0 saturated carbocycles. The Kier molecular flexibility index (Phi) is 2.84. The summed E-state index contributed by atoms with van der Waals surface area (Å²) in [4.78, 5) is 4.21. The van der Waals surface area contributed by atoms with Crippen molar-refractivity contribution in [2.24, 2.45) is 0 Å². The molecule has 1 heterocycles. The van der Waals surface area contributed by atoms with E-state index in [9.17, 15) is 0 Å². The number of thiazole rings is 1. The van der Waals surface area contributed by atoms with Gasteiger partial charge in [-0.2, -0.15) is 0 Å². The number of aromatic nitrogens is 1. The monoisotopic (exact) mass is 268 g/mol. The van der Waals surface area contributed by atoms with Crippen LogP contribution < -0.4 is 4.74 Å². The zero-order chi connectivity index (χ0) is 9.97. The Labute approximate surface area is 94.7 Å². The third-order valence-electron chi connectivity index (χ3n) is 1.63. The molecule has 2 nitrogen and oxygen atoms in total. The van der Waals surface area contributed by atoms with Crippen LogP contribution in [0.15, 0.2) is 28.2 Å². The number of halogens is 1. The van der Waals surface area contributed by atoms with Crippen molar-refractivity contribution in [3.8, 4) is 10.8 Å². The summed E-state index contributed by atoms with van der Waals surface area (Å²) in [6.07, 6.45) is 0. The number of ether oxygens (including phenoxy) is 1. The molecule has 71 valence electrons. The first-order valence-electron chi connectivity index (χ1n) is 4.02. The third-order valence-corrected chi connectivity index (χ3v) is 3.11. The van der Waals surface area contributed by atoms with Crippen LogP contribution in [0.25, 0.3) is 0 Å². The van der Waals surface area contributed by atoms with Crippen LogP contribution in [0.3, 0.4) is 0 Å². The maximum Gasteiger partial charge on any atom is 0.204 e. The molecule has 2 aromatic rings. The lowest BCUT2D eigenvalue weighted by Crippen LogP contribution is -1.82. The Bertz CT molecular complexity index is 427. The number of aryl methyl sites for hydroxylation is 1. The lowest BCUT2D eigenvalue weighted by Gasteiger charge is -2.01. The van der Waals surface area contributed by atoms with Crippen molar-refractivity contribution in [3.05, 3.63) is 39.9 Å². The van der Waals surface area contributed by atoms with E-state index < -0.39 is 0 Å². The van der Waals surface area contributed by atoms with E-state index in [-0.39, 0.29) is 0 Å². The lowest BCUT2D eigenvalue weighted by molar-refractivity contribution is 0.491. The molecule has 2 rings (SSSR count). The van der Waals surface area contributed by atoms with Crippen LogP contribution in [0, 0.1) is 13.0 Å². The molecule has 0 aliphatic carbocycles. The summed E-state index contributed by atoms with van der Waals surface area (Å²) in [5, 5.41) is 0.822. The highest BCUT2D eigenvalue weighted by atomic mass is 79.9. The Morgan fingerprint density at radius 2 is 2.14 bits per heavy atom. The van der Waals surface area contributed by atoms with Gasteiger partial charge in [0.25, 0.3) is 0 Å². The predicted molar refractivity (Wildman–Crippen MR) is 59.9 cm³/mol. The summed E-state index contributed by atoms with van der Waals surface area (Å²) in [5.41, 5.74) is 0.898. The maximum atomic E-state index is 5.64. The summed E-state index contributed by atoms with van der Waals surface area (Å²) in [6.45, 7) is 1.92. The van der Waals surface area contributed by atoms with E-state index in [4.69, 9.17) is 4.74 Å². The van der Waals surface area contributed by atoms with Crippen LogP contribution >= 0.6 is 27.3 Å². The highest BCUT2D eigenvalue weighted by Gasteiger charge is 2.07. The first kappa shape index (κ1) is 9.68. The Morgan fingerprint density at radius 1 is 1.43 bits per heavy atom. The van der Waals surface area contributed by atoms with Crippen molar-refractivity contribution in [1.82, 2.24) is 4.98 Å². The van der Waals surface area contributed by atoms with Gasteiger partial charge in [0.1, 0.15) is 5.75 Å². The van der Waals surface area contributed by atoms with E-state index >= 15 is 0 Å². The molecule has 0 aliphatic heterocycles. The van der Waals surface area contributed by atoms with Crippen molar-refractivity contribution in [2.45, 2.75) is 6.92 Å². The number of benzene rings is 1. The van der Waals surface area contributed by atoms with Crippen LogP contribution in [0.5, 0.6) is 10.8 Å². The highest BCUT2D eigenvalue weighted by molar-refractivity contribution is 9.11. The van der Waals surface area contributed by atoms with E-state index in [1.54, 1.807) is 0 Å². The quantitative estimate of drug-likeness (QED) is 0.827. The molecule has 0 spiro atoms. The van der Waals surface area contributed by atoms with Gasteiger partial charge in [0, 0.05) is 0 Å². The smallest absolute Gasteiger partial charge is 0.204 e.